The second kappa shape index (κ2) is 7.70. The Labute approximate surface area is 148 Å². The Hall–Kier alpha value is -2.34. The van der Waals surface area contributed by atoms with E-state index in [0.717, 1.165) is 35.2 Å². The lowest BCUT2D eigenvalue weighted by Gasteiger charge is -2.34. The number of hydrogen-bond acceptors (Lipinski definition) is 3. The third-order valence-corrected chi connectivity index (χ3v) is 4.82. The summed E-state index contributed by atoms with van der Waals surface area (Å²) >= 11 is 0. The summed E-state index contributed by atoms with van der Waals surface area (Å²) in [5.41, 5.74) is 3.23. The standard InChI is InChI=1S/C19H26N4O2/c1-3-20-18(24)13-22-8-10-23(11-9-22)19(25)12-16-14(2)21-17-7-5-4-6-15(16)17/h4-7,21H,3,8-13H2,1-2H3,(H,20,24). The molecule has 2 N–H and O–H groups in total. The zero-order chi connectivity index (χ0) is 17.8. The number of nitrogens with one attached hydrogen (secondary N) is 2. The fourth-order valence-electron chi connectivity index (χ4n) is 3.44. The van der Waals surface area contributed by atoms with Gasteiger partial charge in [0.2, 0.25) is 11.8 Å². The van der Waals surface area contributed by atoms with E-state index in [9.17, 15) is 9.59 Å². The third-order valence-electron chi connectivity index (χ3n) is 4.82. The molecule has 6 nitrogen and oxygen atoms in total. The van der Waals surface area contributed by atoms with E-state index < -0.39 is 0 Å². The first-order valence-corrected chi connectivity index (χ1v) is 8.91. The minimum absolute atomic E-state index is 0.0525. The van der Waals surface area contributed by atoms with Crippen LogP contribution in [0.15, 0.2) is 24.3 Å². The van der Waals surface area contributed by atoms with Gasteiger partial charge >= 0.3 is 0 Å². The second-order valence-corrected chi connectivity index (χ2v) is 6.56. The lowest BCUT2D eigenvalue weighted by Crippen LogP contribution is -2.51. The van der Waals surface area contributed by atoms with Crippen molar-refractivity contribution in [1.29, 1.82) is 0 Å². The van der Waals surface area contributed by atoms with Crippen molar-refractivity contribution in [2.24, 2.45) is 0 Å². The van der Waals surface area contributed by atoms with Crippen molar-refractivity contribution in [1.82, 2.24) is 20.1 Å². The Balaban J connectivity index is 1.58. The monoisotopic (exact) mass is 342 g/mol. The van der Waals surface area contributed by atoms with E-state index >= 15 is 0 Å². The molecule has 2 heterocycles. The average Bonchev–Trinajstić information content (AvgIpc) is 2.91. The first kappa shape index (κ1) is 17.5. The number of benzene rings is 1. The summed E-state index contributed by atoms with van der Waals surface area (Å²) in [5, 5.41) is 3.94. The molecule has 3 rings (SSSR count). The fraction of sp³-hybridized carbons (Fsp3) is 0.474. The molecule has 1 aliphatic rings. The number of nitrogens with zero attached hydrogens (tertiary/aromatic N) is 2. The van der Waals surface area contributed by atoms with Gasteiger partial charge in [-0.3, -0.25) is 14.5 Å². The van der Waals surface area contributed by atoms with Crippen molar-refractivity contribution in [3.8, 4) is 0 Å². The molecule has 2 amide bonds. The van der Waals surface area contributed by atoms with Gasteiger partial charge in [0.05, 0.1) is 13.0 Å². The molecule has 0 aliphatic carbocycles. The molecule has 0 radical (unpaired) electrons. The van der Waals surface area contributed by atoms with Gasteiger partial charge in [0.1, 0.15) is 0 Å². The Morgan fingerprint density at radius 2 is 1.88 bits per heavy atom. The van der Waals surface area contributed by atoms with Crippen molar-refractivity contribution in [3.05, 3.63) is 35.5 Å². The number of likely N-dealkylation sites (N-methyl/N-ethyl adjacent to an activating group) is 1. The quantitative estimate of drug-likeness (QED) is 0.861. The van der Waals surface area contributed by atoms with Crippen molar-refractivity contribution in [3.63, 3.8) is 0 Å². The van der Waals surface area contributed by atoms with Crippen LogP contribution in [0.4, 0.5) is 0 Å². The minimum atomic E-state index is 0.0525. The van der Waals surface area contributed by atoms with E-state index in [1.165, 1.54) is 0 Å². The Kier molecular flexibility index (Phi) is 5.38. The summed E-state index contributed by atoms with van der Waals surface area (Å²) in [6.07, 6.45) is 0.423. The molecule has 0 spiro atoms. The maximum atomic E-state index is 12.7. The molecule has 0 saturated carbocycles. The number of aromatic amines is 1. The van der Waals surface area contributed by atoms with E-state index in [0.29, 0.717) is 32.6 Å². The van der Waals surface area contributed by atoms with Gasteiger partial charge in [-0.05, 0) is 25.5 Å². The molecule has 1 fully saturated rings. The number of H-pyrrole nitrogens is 1. The second-order valence-electron chi connectivity index (χ2n) is 6.56. The molecule has 134 valence electrons. The van der Waals surface area contributed by atoms with Crippen molar-refractivity contribution in [2.75, 3.05) is 39.3 Å². The lowest BCUT2D eigenvalue weighted by atomic mass is 10.1. The predicted molar refractivity (Wildman–Crippen MR) is 98.4 cm³/mol. The number of hydrogen-bond donors (Lipinski definition) is 2. The van der Waals surface area contributed by atoms with Gasteiger partial charge in [0.25, 0.3) is 0 Å². The highest BCUT2D eigenvalue weighted by molar-refractivity contribution is 5.90. The first-order valence-electron chi connectivity index (χ1n) is 8.91. The average molecular weight is 342 g/mol. The molecule has 25 heavy (non-hydrogen) atoms. The zero-order valence-electron chi connectivity index (χ0n) is 15.0. The first-order chi connectivity index (χ1) is 12.1. The van der Waals surface area contributed by atoms with Gasteiger partial charge in [-0.2, -0.15) is 0 Å². The number of carbonyl (C=O) groups excluding carboxylic acids is 2. The van der Waals surface area contributed by atoms with E-state index in [4.69, 9.17) is 0 Å². The van der Waals surface area contributed by atoms with Gasteiger partial charge in [0, 0.05) is 49.3 Å². The maximum absolute atomic E-state index is 12.7. The molecule has 1 saturated heterocycles. The summed E-state index contributed by atoms with van der Waals surface area (Å²) in [7, 11) is 0. The summed E-state index contributed by atoms with van der Waals surface area (Å²) in [6.45, 7) is 7.86. The number of amides is 2. The largest absolute Gasteiger partial charge is 0.358 e. The smallest absolute Gasteiger partial charge is 0.234 e. The highest BCUT2D eigenvalue weighted by atomic mass is 16.2. The van der Waals surface area contributed by atoms with Crippen LogP contribution in [0.25, 0.3) is 10.9 Å². The van der Waals surface area contributed by atoms with Crippen LogP contribution in [-0.2, 0) is 16.0 Å². The topological polar surface area (TPSA) is 68.4 Å². The van der Waals surface area contributed by atoms with Crippen LogP contribution in [0.2, 0.25) is 0 Å². The molecular weight excluding hydrogens is 316 g/mol. The van der Waals surface area contributed by atoms with E-state index in [1.807, 2.05) is 36.9 Å². The van der Waals surface area contributed by atoms with Crippen molar-refractivity contribution < 1.29 is 9.59 Å². The van der Waals surface area contributed by atoms with Crippen LogP contribution in [0.1, 0.15) is 18.2 Å². The van der Waals surface area contributed by atoms with Gasteiger partial charge in [-0.1, -0.05) is 18.2 Å². The van der Waals surface area contributed by atoms with Crippen LogP contribution in [0.3, 0.4) is 0 Å². The number of para-hydroxylation sites is 1. The van der Waals surface area contributed by atoms with Crippen LogP contribution in [-0.4, -0.2) is 65.9 Å². The summed E-state index contributed by atoms with van der Waals surface area (Å²) < 4.78 is 0. The Morgan fingerprint density at radius 1 is 1.16 bits per heavy atom. The fourth-order valence-corrected chi connectivity index (χ4v) is 3.44. The molecule has 0 atom stereocenters. The van der Waals surface area contributed by atoms with E-state index in [-0.39, 0.29) is 11.8 Å². The van der Waals surface area contributed by atoms with Gasteiger partial charge < -0.3 is 15.2 Å². The normalized spacial score (nSPS) is 15.5. The van der Waals surface area contributed by atoms with Crippen LogP contribution >= 0.6 is 0 Å². The minimum Gasteiger partial charge on any atom is -0.358 e. The number of aromatic nitrogens is 1. The number of piperazine rings is 1. The van der Waals surface area contributed by atoms with E-state index in [2.05, 4.69) is 21.3 Å². The van der Waals surface area contributed by atoms with Crippen LogP contribution in [0.5, 0.6) is 0 Å². The highest BCUT2D eigenvalue weighted by Crippen LogP contribution is 2.23. The molecule has 2 aromatic rings. The highest BCUT2D eigenvalue weighted by Gasteiger charge is 2.23. The predicted octanol–water partition coefficient (Wildman–Crippen LogP) is 1.30. The lowest BCUT2D eigenvalue weighted by molar-refractivity contribution is -0.132. The molecule has 1 aromatic heterocycles. The Morgan fingerprint density at radius 3 is 2.60 bits per heavy atom. The molecule has 1 aromatic carbocycles. The summed E-state index contributed by atoms with van der Waals surface area (Å²) in [6, 6.07) is 8.10. The molecule has 6 heteroatoms. The molecule has 0 bridgehead atoms. The van der Waals surface area contributed by atoms with Crippen molar-refractivity contribution >= 4 is 22.7 Å². The number of rotatable bonds is 5. The number of aryl methyl sites for hydroxylation is 1. The van der Waals surface area contributed by atoms with Crippen molar-refractivity contribution in [2.45, 2.75) is 20.3 Å². The molecule has 0 unspecified atom stereocenters. The maximum Gasteiger partial charge on any atom is 0.234 e. The SMILES string of the molecule is CCNC(=O)CN1CCN(C(=O)Cc2c(C)[nH]c3ccccc23)CC1. The van der Waals surface area contributed by atoms with Crippen LogP contribution in [0, 0.1) is 6.92 Å². The van der Waals surface area contributed by atoms with Gasteiger partial charge in [0.15, 0.2) is 0 Å². The van der Waals surface area contributed by atoms with Gasteiger partial charge in [-0.15, -0.1) is 0 Å². The number of fused-ring (bicyclic) bond motifs is 1. The third kappa shape index (κ3) is 4.02. The van der Waals surface area contributed by atoms with Gasteiger partial charge in [-0.25, -0.2) is 0 Å². The van der Waals surface area contributed by atoms with E-state index in [1.54, 1.807) is 0 Å². The number of carbonyl (C=O) groups is 2. The van der Waals surface area contributed by atoms with Crippen LogP contribution < -0.4 is 5.32 Å². The zero-order valence-corrected chi connectivity index (χ0v) is 15.0. The summed E-state index contributed by atoms with van der Waals surface area (Å²) in [5.74, 6) is 0.210. The Bertz CT molecular complexity index is 760. The molecular formula is C19H26N4O2. The summed E-state index contributed by atoms with van der Waals surface area (Å²) in [4.78, 5) is 31.7. The molecule has 1 aliphatic heterocycles.